The van der Waals surface area contributed by atoms with E-state index >= 15 is 0 Å². The van der Waals surface area contributed by atoms with Crippen molar-refractivity contribution in [2.45, 2.75) is 59.0 Å². The molecule has 3 aromatic rings. The molecule has 0 aliphatic rings. The first-order chi connectivity index (χ1) is 19.7. The lowest BCUT2D eigenvalue weighted by molar-refractivity contribution is -0.140. The zero-order chi connectivity index (χ0) is 31.1. The van der Waals surface area contributed by atoms with Crippen LogP contribution in [0.25, 0.3) is 0 Å². The Morgan fingerprint density at radius 3 is 2.05 bits per heavy atom. The molecule has 2 amide bonds. The summed E-state index contributed by atoms with van der Waals surface area (Å²) < 4.78 is 41.8. The minimum Gasteiger partial charge on any atom is -0.354 e. The van der Waals surface area contributed by atoms with Crippen LogP contribution >= 0.6 is 0 Å². The molecule has 9 heteroatoms. The molecule has 3 rings (SSSR count). The van der Waals surface area contributed by atoms with E-state index in [-0.39, 0.29) is 29.9 Å². The van der Waals surface area contributed by atoms with Crippen molar-refractivity contribution in [1.82, 2.24) is 10.2 Å². The fourth-order valence-corrected chi connectivity index (χ4v) is 5.38. The monoisotopic (exact) mass is 595 g/mol. The van der Waals surface area contributed by atoms with Crippen LogP contribution in [-0.2, 0) is 38.0 Å². The molecule has 0 fully saturated rings. The van der Waals surface area contributed by atoms with E-state index in [2.05, 4.69) is 26.1 Å². The summed E-state index contributed by atoms with van der Waals surface area (Å²) in [6.07, 6.45) is 1.21. The highest BCUT2D eigenvalue weighted by molar-refractivity contribution is 7.92. The third-order valence-corrected chi connectivity index (χ3v) is 8.10. The van der Waals surface area contributed by atoms with E-state index in [1.165, 1.54) is 11.0 Å². The van der Waals surface area contributed by atoms with Crippen molar-refractivity contribution in [2.24, 2.45) is 5.92 Å². The summed E-state index contributed by atoms with van der Waals surface area (Å²) in [5, 5.41) is 2.92. The predicted molar refractivity (Wildman–Crippen MR) is 166 cm³/mol. The number of nitrogens with zero attached hydrogens (tertiary/aromatic N) is 2. The first-order valence-electron chi connectivity index (χ1n) is 14.1. The van der Waals surface area contributed by atoms with Gasteiger partial charge in [-0.1, -0.05) is 95.3 Å². The Bertz CT molecular complexity index is 1450. The normalized spacial score (nSPS) is 12.6. The van der Waals surface area contributed by atoms with Crippen molar-refractivity contribution in [3.63, 3.8) is 0 Å². The second-order valence-corrected chi connectivity index (χ2v) is 13.9. The first kappa shape index (κ1) is 32.8. The van der Waals surface area contributed by atoms with Crippen LogP contribution in [0.15, 0.2) is 78.9 Å². The van der Waals surface area contributed by atoms with E-state index in [9.17, 15) is 22.4 Å². The molecule has 0 aliphatic heterocycles. The van der Waals surface area contributed by atoms with Crippen LogP contribution in [0.4, 0.5) is 10.1 Å². The van der Waals surface area contributed by atoms with Crippen LogP contribution < -0.4 is 9.62 Å². The number of carbonyl (C=O) groups is 2. The molecule has 0 spiro atoms. The van der Waals surface area contributed by atoms with Gasteiger partial charge in [-0.2, -0.15) is 0 Å². The third-order valence-electron chi connectivity index (χ3n) is 6.95. The molecule has 0 aliphatic carbocycles. The lowest BCUT2D eigenvalue weighted by atomic mass is 9.87. The minimum absolute atomic E-state index is 0.144. The van der Waals surface area contributed by atoms with Crippen molar-refractivity contribution >= 4 is 27.5 Å². The average Bonchev–Trinajstić information content (AvgIpc) is 2.92. The third kappa shape index (κ3) is 9.14. The molecule has 0 radical (unpaired) electrons. The Balaban J connectivity index is 2.05. The number of anilines is 1. The Kier molecular flexibility index (Phi) is 10.9. The number of sulfonamides is 1. The maximum absolute atomic E-state index is 14.9. The van der Waals surface area contributed by atoms with Gasteiger partial charge in [0.1, 0.15) is 18.4 Å². The van der Waals surface area contributed by atoms with Crippen LogP contribution in [0.5, 0.6) is 0 Å². The average molecular weight is 596 g/mol. The van der Waals surface area contributed by atoms with Gasteiger partial charge in [-0.05, 0) is 40.7 Å². The topological polar surface area (TPSA) is 86.8 Å². The molecule has 0 saturated heterocycles. The molecule has 3 aromatic carbocycles. The Labute approximate surface area is 249 Å². The lowest BCUT2D eigenvalue weighted by Gasteiger charge is -2.34. The van der Waals surface area contributed by atoms with E-state index in [1.807, 2.05) is 56.3 Å². The smallest absolute Gasteiger partial charge is 0.244 e. The molecule has 7 nitrogen and oxygen atoms in total. The fourth-order valence-electron chi connectivity index (χ4n) is 4.53. The van der Waals surface area contributed by atoms with Crippen LogP contribution in [0, 0.1) is 11.7 Å². The van der Waals surface area contributed by atoms with E-state index in [1.54, 1.807) is 30.3 Å². The molecule has 1 unspecified atom stereocenters. The van der Waals surface area contributed by atoms with E-state index in [0.29, 0.717) is 12.2 Å². The molecule has 1 atom stereocenters. The molecule has 1 N–H and O–H groups in total. The summed E-state index contributed by atoms with van der Waals surface area (Å²) in [6.45, 7) is 9.71. The minimum atomic E-state index is -3.89. The lowest BCUT2D eigenvalue weighted by Crippen LogP contribution is -2.53. The molecule has 0 bridgehead atoms. The fraction of sp³-hybridized carbons (Fsp3) is 0.394. The Morgan fingerprint density at radius 1 is 0.905 bits per heavy atom. The summed E-state index contributed by atoms with van der Waals surface area (Å²) in [6, 6.07) is 21.3. The quantitative estimate of drug-likeness (QED) is 0.308. The van der Waals surface area contributed by atoms with Gasteiger partial charge in [0.15, 0.2) is 0 Å². The van der Waals surface area contributed by atoms with Crippen LogP contribution in [0.1, 0.15) is 51.3 Å². The standard InChI is InChI=1S/C33H42FN3O4S/c1-24(2)21-35-32(39)30(20-25-12-8-7-9-13-25)36(22-26-14-10-11-15-29(26)34)31(38)23-37(42(6,40)41)28-18-16-27(17-19-28)33(3,4)5/h7-19,24,30H,20-23H2,1-6H3,(H,35,39). The zero-order valence-corrected chi connectivity index (χ0v) is 26.1. The summed E-state index contributed by atoms with van der Waals surface area (Å²) in [5.41, 5.74) is 2.23. The molecule has 0 heterocycles. The van der Waals surface area contributed by atoms with Gasteiger partial charge >= 0.3 is 0 Å². The highest BCUT2D eigenvalue weighted by Crippen LogP contribution is 2.26. The zero-order valence-electron chi connectivity index (χ0n) is 25.3. The van der Waals surface area contributed by atoms with Crippen molar-refractivity contribution in [3.05, 3.63) is 101 Å². The summed E-state index contributed by atoms with van der Waals surface area (Å²) in [5.74, 6) is -1.37. The SMILES string of the molecule is CC(C)CNC(=O)C(Cc1ccccc1)N(Cc1ccccc1F)C(=O)CN(c1ccc(C(C)(C)C)cc1)S(C)(=O)=O. The predicted octanol–water partition coefficient (Wildman–Crippen LogP) is 5.30. The van der Waals surface area contributed by atoms with Crippen LogP contribution in [0.3, 0.4) is 0 Å². The number of benzene rings is 3. The second-order valence-electron chi connectivity index (χ2n) is 12.0. The van der Waals surface area contributed by atoms with Crippen molar-refractivity contribution in [2.75, 3.05) is 23.7 Å². The van der Waals surface area contributed by atoms with E-state index in [4.69, 9.17) is 0 Å². The van der Waals surface area contributed by atoms with Gasteiger partial charge in [-0.15, -0.1) is 0 Å². The molecular formula is C33H42FN3O4S. The van der Waals surface area contributed by atoms with Gasteiger partial charge in [0.25, 0.3) is 0 Å². The Morgan fingerprint density at radius 2 is 1.50 bits per heavy atom. The van der Waals surface area contributed by atoms with Crippen molar-refractivity contribution in [1.29, 1.82) is 0 Å². The van der Waals surface area contributed by atoms with Crippen molar-refractivity contribution < 1.29 is 22.4 Å². The van der Waals surface area contributed by atoms with Crippen LogP contribution in [-0.4, -0.2) is 50.5 Å². The van der Waals surface area contributed by atoms with E-state index < -0.39 is 40.2 Å². The van der Waals surface area contributed by atoms with Gasteiger partial charge in [0.05, 0.1) is 11.9 Å². The maximum atomic E-state index is 14.9. The number of halogens is 1. The number of hydrogen-bond donors (Lipinski definition) is 1. The summed E-state index contributed by atoms with van der Waals surface area (Å²) >= 11 is 0. The molecule has 0 saturated carbocycles. The van der Waals surface area contributed by atoms with Gasteiger partial charge in [0, 0.05) is 25.1 Å². The largest absolute Gasteiger partial charge is 0.354 e. The molecule has 0 aromatic heterocycles. The highest BCUT2D eigenvalue weighted by atomic mass is 32.2. The van der Waals surface area contributed by atoms with Gasteiger partial charge < -0.3 is 10.2 Å². The van der Waals surface area contributed by atoms with Crippen LogP contribution in [0.2, 0.25) is 0 Å². The molecule has 42 heavy (non-hydrogen) atoms. The second kappa shape index (κ2) is 14.0. The van der Waals surface area contributed by atoms with Gasteiger partial charge in [-0.25, -0.2) is 12.8 Å². The van der Waals surface area contributed by atoms with Gasteiger partial charge in [-0.3, -0.25) is 13.9 Å². The first-order valence-corrected chi connectivity index (χ1v) is 15.9. The molecule has 226 valence electrons. The number of carbonyl (C=O) groups excluding carboxylic acids is 2. The molecular weight excluding hydrogens is 553 g/mol. The van der Waals surface area contributed by atoms with Crippen molar-refractivity contribution in [3.8, 4) is 0 Å². The van der Waals surface area contributed by atoms with Gasteiger partial charge in [0.2, 0.25) is 21.8 Å². The number of hydrogen-bond acceptors (Lipinski definition) is 4. The number of nitrogens with one attached hydrogen (secondary N) is 1. The maximum Gasteiger partial charge on any atom is 0.244 e. The number of rotatable bonds is 12. The summed E-state index contributed by atoms with van der Waals surface area (Å²) in [4.78, 5) is 29.0. The highest BCUT2D eigenvalue weighted by Gasteiger charge is 2.33. The summed E-state index contributed by atoms with van der Waals surface area (Å²) in [7, 11) is -3.89. The Hall–Kier alpha value is -3.72. The number of amides is 2. The van der Waals surface area contributed by atoms with E-state index in [0.717, 1.165) is 21.7 Å².